The van der Waals surface area contributed by atoms with Crippen LogP contribution in [-0.2, 0) is 4.74 Å². The molecule has 8 heteroatoms. The highest BCUT2D eigenvalue weighted by molar-refractivity contribution is 5.94. The number of halogens is 3. The van der Waals surface area contributed by atoms with Gasteiger partial charge in [-0.1, -0.05) is 0 Å². The summed E-state index contributed by atoms with van der Waals surface area (Å²) in [5, 5.41) is 8.70. The SMILES string of the molecule is CCOC(=O)c1c(OC(F)(F)F)ccnc1C#N. The van der Waals surface area contributed by atoms with E-state index in [1.54, 1.807) is 0 Å². The van der Waals surface area contributed by atoms with E-state index < -0.39 is 29.3 Å². The first-order chi connectivity index (χ1) is 8.39. The van der Waals surface area contributed by atoms with Gasteiger partial charge in [0.2, 0.25) is 0 Å². The second-order valence-electron chi connectivity index (χ2n) is 2.91. The molecule has 0 radical (unpaired) electrons. The third kappa shape index (κ3) is 3.35. The van der Waals surface area contributed by atoms with Gasteiger partial charge in [-0.05, 0) is 13.0 Å². The molecule has 1 aromatic rings. The molecule has 18 heavy (non-hydrogen) atoms. The average molecular weight is 260 g/mol. The molecule has 0 aliphatic heterocycles. The van der Waals surface area contributed by atoms with Gasteiger partial charge in [0.15, 0.2) is 5.69 Å². The van der Waals surface area contributed by atoms with Crippen molar-refractivity contribution in [1.29, 1.82) is 5.26 Å². The monoisotopic (exact) mass is 260 g/mol. The van der Waals surface area contributed by atoms with Crippen LogP contribution in [0.15, 0.2) is 12.3 Å². The molecule has 0 amide bonds. The van der Waals surface area contributed by atoms with E-state index in [1.165, 1.54) is 13.0 Å². The Balaban J connectivity index is 3.26. The minimum atomic E-state index is -4.98. The van der Waals surface area contributed by atoms with Crippen LogP contribution in [-0.4, -0.2) is 23.9 Å². The lowest BCUT2D eigenvalue weighted by Gasteiger charge is -2.12. The molecular weight excluding hydrogens is 253 g/mol. The molecule has 96 valence electrons. The van der Waals surface area contributed by atoms with Crippen molar-refractivity contribution in [2.45, 2.75) is 13.3 Å². The van der Waals surface area contributed by atoms with Crippen molar-refractivity contribution in [3.05, 3.63) is 23.5 Å². The second kappa shape index (κ2) is 5.35. The first-order valence-electron chi connectivity index (χ1n) is 4.71. The topological polar surface area (TPSA) is 72.2 Å². The zero-order valence-corrected chi connectivity index (χ0v) is 9.11. The fraction of sp³-hybridized carbons (Fsp3) is 0.300. The van der Waals surface area contributed by atoms with Gasteiger partial charge in [-0.3, -0.25) is 0 Å². The summed E-state index contributed by atoms with van der Waals surface area (Å²) >= 11 is 0. The van der Waals surface area contributed by atoms with Crippen LogP contribution in [0.2, 0.25) is 0 Å². The first kappa shape index (κ1) is 13.8. The molecule has 0 atom stereocenters. The number of nitrogens with zero attached hydrogens (tertiary/aromatic N) is 2. The number of hydrogen-bond acceptors (Lipinski definition) is 5. The number of carbonyl (C=O) groups excluding carboxylic acids is 1. The maximum Gasteiger partial charge on any atom is 0.573 e. The maximum atomic E-state index is 12.1. The van der Waals surface area contributed by atoms with Gasteiger partial charge >= 0.3 is 12.3 Å². The van der Waals surface area contributed by atoms with Gasteiger partial charge in [-0.25, -0.2) is 9.78 Å². The third-order valence-corrected chi connectivity index (χ3v) is 1.72. The van der Waals surface area contributed by atoms with Crippen LogP contribution in [0.4, 0.5) is 13.2 Å². The molecule has 1 aromatic heterocycles. The Kier molecular flexibility index (Phi) is 4.09. The summed E-state index contributed by atoms with van der Waals surface area (Å²) in [6.45, 7) is 1.43. The molecule has 5 nitrogen and oxygen atoms in total. The highest BCUT2D eigenvalue weighted by Crippen LogP contribution is 2.28. The Morgan fingerprint density at radius 2 is 2.22 bits per heavy atom. The van der Waals surface area contributed by atoms with Crippen LogP contribution in [0.25, 0.3) is 0 Å². The zero-order valence-electron chi connectivity index (χ0n) is 9.11. The average Bonchev–Trinajstić information content (AvgIpc) is 2.26. The minimum Gasteiger partial charge on any atom is -0.462 e. The fourth-order valence-corrected chi connectivity index (χ4v) is 1.14. The van der Waals surface area contributed by atoms with E-state index in [1.807, 2.05) is 0 Å². The summed E-state index contributed by atoms with van der Waals surface area (Å²) in [6.07, 6.45) is -4.04. The normalized spacial score (nSPS) is 10.6. The summed E-state index contributed by atoms with van der Waals surface area (Å²) in [7, 11) is 0. The summed E-state index contributed by atoms with van der Waals surface area (Å²) in [6, 6.07) is 2.34. The van der Waals surface area contributed by atoms with Crippen molar-refractivity contribution in [2.24, 2.45) is 0 Å². The van der Waals surface area contributed by atoms with Gasteiger partial charge in [-0.2, -0.15) is 5.26 Å². The molecule has 0 aliphatic carbocycles. The van der Waals surface area contributed by atoms with Crippen molar-refractivity contribution >= 4 is 5.97 Å². The Hall–Kier alpha value is -2.30. The van der Waals surface area contributed by atoms with Crippen LogP contribution >= 0.6 is 0 Å². The van der Waals surface area contributed by atoms with E-state index >= 15 is 0 Å². The number of aromatic nitrogens is 1. The first-order valence-corrected chi connectivity index (χ1v) is 4.71. The molecule has 0 N–H and O–H groups in total. The largest absolute Gasteiger partial charge is 0.573 e. The van der Waals surface area contributed by atoms with E-state index in [-0.39, 0.29) is 6.61 Å². The van der Waals surface area contributed by atoms with Crippen LogP contribution in [0.3, 0.4) is 0 Å². The van der Waals surface area contributed by atoms with Crippen LogP contribution in [0.5, 0.6) is 5.75 Å². The predicted octanol–water partition coefficient (Wildman–Crippen LogP) is 2.03. The molecule has 0 spiro atoms. The highest BCUT2D eigenvalue weighted by atomic mass is 19.4. The minimum absolute atomic E-state index is 0.0515. The third-order valence-electron chi connectivity index (χ3n) is 1.72. The smallest absolute Gasteiger partial charge is 0.462 e. The van der Waals surface area contributed by atoms with E-state index in [2.05, 4.69) is 14.5 Å². The number of hydrogen-bond donors (Lipinski definition) is 0. The lowest BCUT2D eigenvalue weighted by molar-refractivity contribution is -0.274. The predicted molar refractivity (Wildman–Crippen MR) is 51.6 cm³/mol. The van der Waals surface area contributed by atoms with E-state index in [0.29, 0.717) is 0 Å². The molecule has 1 heterocycles. The van der Waals surface area contributed by atoms with Crippen LogP contribution < -0.4 is 4.74 Å². The number of esters is 1. The van der Waals surface area contributed by atoms with E-state index in [0.717, 1.165) is 12.3 Å². The number of nitriles is 1. The van der Waals surface area contributed by atoms with Gasteiger partial charge in [0.25, 0.3) is 0 Å². The molecule has 0 aromatic carbocycles. The Labute approximate surface area is 99.8 Å². The van der Waals surface area contributed by atoms with Crippen molar-refractivity contribution in [1.82, 2.24) is 4.98 Å². The molecular formula is C10H7F3N2O3. The number of alkyl halides is 3. The van der Waals surface area contributed by atoms with E-state index in [9.17, 15) is 18.0 Å². The molecule has 0 fully saturated rings. The van der Waals surface area contributed by atoms with Gasteiger partial charge in [-0.15, -0.1) is 13.2 Å². The summed E-state index contributed by atoms with van der Waals surface area (Å²) in [5.74, 6) is -1.91. The van der Waals surface area contributed by atoms with E-state index in [4.69, 9.17) is 5.26 Å². The molecule has 0 saturated heterocycles. The van der Waals surface area contributed by atoms with Crippen molar-refractivity contribution in [3.63, 3.8) is 0 Å². The van der Waals surface area contributed by atoms with Gasteiger partial charge in [0.1, 0.15) is 17.4 Å². The molecule has 0 unspecified atom stereocenters. The highest BCUT2D eigenvalue weighted by Gasteiger charge is 2.34. The standard InChI is InChI=1S/C10H7F3N2O3/c1-2-17-9(16)8-6(5-14)15-4-3-7(8)18-10(11,12)13/h3-4H,2H2,1H3. The fourth-order valence-electron chi connectivity index (χ4n) is 1.14. The Morgan fingerprint density at radius 3 is 2.72 bits per heavy atom. The number of carbonyl (C=O) groups is 1. The second-order valence-corrected chi connectivity index (χ2v) is 2.91. The van der Waals surface area contributed by atoms with Gasteiger partial charge < -0.3 is 9.47 Å². The van der Waals surface area contributed by atoms with Crippen molar-refractivity contribution in [3.8, 4) is 11.8 Å². The van der Waals surface area contributed by atoms with Gasteiger partial charge in [0, 0.05) is 6.20 Å². The summed E-state index contributed by atoms with van der Waals surface area (Å²) < 4.78 is 44.6. The molecule has 0 aliphatic rings. The van der Waals surface area contributed by atoms with Crippen molar-refractivity contribution < 1.29 is 27.4 Å². The summed E-state index contributed by atoms with van der Waals surface area (Å²) in [4.78, 5) is 15.0. The Morgan fingerprint density at radius 1 is 1.56 bits per heavy atom. The zero-order chi connectivity index (χ0) is 13.8. The lowest BCUT2D eigenvalue weighted by Crippen LogP contribution is -2.20. The number of pyridine rings is 1. The summed E-state index contributed by atoms with van der Waals surface area (Å²) in [5.41, 5.74) is -1.13. The number of rotatable bonds is 3. The number of ether oxygens (including phenoxy) is 2. The maximum absolute atomic E-state index is 12.1. The Bertz CT molecular complexity index is 494. The molecule has 0 saturated carbocycles. The lowest BCUT2D eigenvalue weighted by atomic mass is 10.2. The molecule has 1 rings (SSSR count). The van der Waals surface area contributed by atoms with Crippen molar-refractivity contribution in [2.75, 3.05) is 6.61 Å². The quantitative estimate of drug-likeness (QED) is 0.777. The molecule has 0 bridgehead atoms. The van der Waals surface area contributed by atoms with Crippen LogP contribution in [0.1, 0.15) is 23.0 Å². The van der Waals surface area contributed by atoms with Gasteiger partial charge in [0.05, 0.1) is 6.61 Å². The van der Waals surface area contributed by atoms with Crippen LogP contribution in [0, 0.1) is 11.3 Å².